The average Bonchev–Trinajstić information content (AvgIpc) is 1.62. The maximum absolute atomic E-state index is 13.7. The number of piperazine rings is 2. The van der Waals surface area contributed by atoms with Gasteiger partial charge in [0.1, 0.15) is 67.0 Å². The largest absolute Gasteiger partial charge is 0.480 e. The molecule has 29 heteroatoms. The van der Waals surface area contributed by atoms with Gasteiger partial charge in [-0.15, -0.1) is 0 Å². The van der Waals surface area contributed by atoms with Crippen LogP contribution in [-0.2, 0) is 28.5 Å². The molecule has 0 radical (unpaired) electrons. The maximum atomic E-state index is 13.7. The Balaban J connectivity index is 0.000000172. The number of ether oxygens (including phenoxy) is 6. The maximum Gasteiger partial charge on any atom is 0.411 e. The van der Waals surface area contributed by atoms with E-state index in [9.17, 15) is 33.9 Å². The van der Waals surface area contributed by atoms with Crippen LogP contribution in [0.4, 0.5) is 41.1 Å². The molecule has 4 aliphatic rings. The van der Waals surface area contributed by atoms with Crippen LogP contribution in [-0.4, -0.2) is 193 Å². The molecule has 2 aliphatic heterocycles. The Labute approximate surface area is 651 Å². The van der Waals surface area contributed by atoms with Gasteiger partial charge in [0.2, 0.25) is 17.7 Å². The number of anilines is 4. The fourth-order valence-electron chi connectivity index (χ4n) is 13.1. The molecule has 0 unspecified atom stereocenters. The lowest BCUT2D eigenvalue weighted by Crippen LogP contribution is -2.62. The molecule has 6 heterocycles. The molecule has 0 saturated carbocycles. The first-order valence-electron chi connectivity index (χ1n) is 36.4. The van der Waals surface area contributed by atoms with Gasteiger partial charge in [-0.3, -0.25) is 14.6 Å². The van der Waals surface area contributed by atoms with Crippen LogP contribution in [0.2, 0.25) is 0 Å². The number of nitrogens with one attached hydrogen (secondary N) is 3. The van der Waals surface area contributed by atoms with E-state index < -0.39 is 59.5 Å². The summed E-state index contributed by atoms with van der Waals surface area (Å²) in [6, 6.07) is 53.7. The van der Waals surface area contributed by atoms with Gasteiger partial charge in [0.15, 0.2) is 16.3 Å². The molecule has 6 aromatic carbocycles. The molecule has 2 fully saturated rings. The highest BCUT2D eigenvalue weighted by atomic mass is 32.1. The van der Waals surface area contributed by atoms with Crippen LogP contribution in [0.15, 0.2) is 182 Å². The van der Waals surface area contributed by atoms with Gasteiger partial charge < -0.3 is 65.0 Å². The number of hydrogen-bond donors (Lipinski definition) is 5. The Bertz CT molecular complexity index is 4850. The van der Waals surface area contributed by atoms with Crippen molar-refractivity contribution in [3.63, 3.8) is 0 Å². The fourth-order valence-corrected chi connectivity index (χ4v) is 14.8. The topological polar surface area (TPSA) is 330 Å². The van der Waals surface area contributed by atoms with E-state index in [-0.39, 0.29) is 77.5 Å². The number of rotatable bonds is 19. The van der Waals surface area contributed by atoms with Crippen LogP contribution in [0.1, 0.15) is 87.3 Å². The summed E-state index contributed by atoms with van der Waals surface area (Å²) in [5.74, 6) is 1.27. The Kier molecular flexibility index (Phi) is 25.1. The average molecular weight is 1540 g/mol. The first-order valence-corrected chi connectivity index (χ1v) is 38.0. The number of amides is 5. The predicted octanol–water partition coefficient (Wildman–Crippen LogP) is 13.9. The lowest BCUT2D eigenvalue weighted by Gasteiger charge is -2.40. The molecule has 111 heavy (non-hydrogen) atoms. The molecule has 0 bridgehead atoms. The van der Waals surface area contributed by atoms with E-state index in [0.29, 0.717) is 53.3 Å². The highest BCUT2D eigenvalue weighted by Crippen LogP contribution is 2.46. The van der Waals surface area contributed by atoms with Crippen molar-refractivity contribution in [3.8, 4) is 54.9 Å². The number of fused-ring (bicyclic) bond motifs is 6. The van der Waals surface area contributed by atoms with Crippen LogP contribution in [0.5, 0.6) is 11.8 Å². The van der Waals surface area contributed by atoms with E-state index >= 15 is 0 Å². The number of aromatic nitrogens is 6. The smallest absolute Gasteiger partial charge is 0.411 e. The molecule has 4 aromatic heterocycles. The lowest BCUT2D eigenvalue weighted by molar-refractivity contribution is -0.145. The summed E-state index contributed by atoms with van der Waals surface area (Å²) >= 11 is 3.07. The van der Waals surface area contributed by atoms with Gasteiger partial charge in [0.25, 0.3) is 0 Å². The number of carbonyl (C=O) groups is 6. The van der Waals surface area contributed by atoms with Crippen molar-refractivity contribution in [2.75, 3.05) is 89.4 Å². The number of nitrogens with zero attached hydrogens (tertiary/aromatic N) is 10. The number of thiazole rings is 2. The van der Waals surface area contributed by atoms with E-state index in [1.54, 1.807) is 71.9 Å². The third-order valence-electron chi connectivity index (χ3n) is 18.0. The number of nitrogens with two attached hydrogens (primary N) is 1. The lowest BCUT2D eigenvalue weighted by atomic mass is 9.98. The minimum atomic E-state index is -1.20. The van der Waals surface area contributed by atoms with Crippen molar-refractivity contribution in [2.24, 2.45) is 5.73 Å². The minimum absolute atomic E-state index is 0.0517. The SMILES string of the molecule is CC(C)(C)OC(=O)N1CCN(C(=O)OCC2c3ccccc3-c3ccccc32)C[C@H]1C(=O)O.Cc1nc(Nc2ncc(-c3ccccc3)s2)cc(OCCN)n1.Cc1nc(Nc2ncc(-c3ccccc3)s2)cc(OCCNC(=O)[C@@H]2CN(C(=O)OCC3c4ccccc4-c4ccccc43)CCN2C(=O)OC(C)(C)C)n1. The fraction of sp³-hybridized carbons (Fsp3) is 0.317. The summed E-state index contributed by atoms with van der Waals surface area (Å²) in [7, 11) is 0. The van der Waals surface area contributed by atoms with Gasteiger partial charge in [-0.05, 0) is 111 Å². The van der Waals surface area contributed by atoms with Crippen molar-refractivity contribution in [2.45, 2.75) is 90.5 Å². The summed E-state index contributed by atoms with van der Waals surface area (Å²) in [6.07, 6.45) is 1.17. The van der Waals surface area contributed by atoms with Gasteiger partial charge in [-0.25, -0.2) is 43.9 Å². The van der Waals surface area contributed by atoms with Gasteiger partial charge in [-0.2, -0.15) is 9.97 Å². The van der Waals surface area contributed by atoms with E-state index in [1.165, 1.54) is 26.0 Å². The molecule has 10 aromatic rings. The zero-order valence-electron chi connectivity index (χ0n) is 62.8. The molecule has 576 valence electrons. The molecule has 27 nitrogen and oxygen atoms in total. The second-order valence-corrected chi connectivity index (χ2v) is 30.4. The Morgan fingerprint density at radius 3 is 1.27 bits per heavy atom. The van der Waals surface area contributed by atoms with Crippen molar-refractivity contribution >= 4 is 80.8 Å². The van der Waals surface area contributed by atoms with Crippen molar-refractivity contribution in [3.05, 3.63) is 216 Å². The normalized spacial score (nSPS) is 15.0. The van der Waals surface area contributed by atoms with Crippen LogP contribution in [0.3, 0.4) is 0 Å². The number of hydrogen-bond acceptors (Lipinski definition) is 23. The Hall–Kier alpha value is -12.1. The summed E-state index contributed by atoms with van der Waals surface area (Å²) in [5, 5.41) is 20.4. The second kappa shape index (κ2) is 35.5. The van der Waals surface area contributed by atoms with Crippen molar-refractivity contribution in [1.29, 1.82) is 0 Å². The van der Waals surface area contributed by atoms with E-state index in [4.69, 9.17) is 34.2 Å². The summed E-state index contributed by atoms with van der Waals surface area (Å²) < 4.78 is 33.8. The zero-order chi connectivity index (χ0) is 78.3. The molecular weight excluding hydrogens is 1450 g/mol. The Morgan fingerprint density at radius 1 is 0.495 bits per heavy atom. The second-order valence-electron chi connectivity index (χ2n) is 28.3. The molecule has 14 rings (SSSR count). The highest BCUT2D eigenvalue weighted by molar-refractivity contribution is 7.19. The molecule has 2 saturated heterocycles. The molecular formula is C82H88N14O13S2. The Morgan fingerprint density at radius 2 is 0.874 bits per heavy atom. The van der Waals surface area contributed by atoms with Crippen LogP contribution < -0.4 is 31.2 Å². The molecule has 6 N–H and O–H groups in total. The zero-order valence-corrected chi connectivity index (χ0v) is 64.5. The number of aliphatic carboxylic acids is 1. The third-order valence-corrected chi connectivity index (χ3v) is 20.0. The van der Waals surface area contributed by atoms with Gasteiger partial charge in [0, 0.05) is 69.1 Å². The summed E-state index contributed by atoms with van der Waals surface area (Å²) in [4.78, 5) is 111. The van der Waals surface area contributed by atoms with E-state index in [0.717, 1.165) is 75.4 Å². The van der Waals surface area contributed by atoms with E-state index in [1.807, 2.05) is 129 Å². The number of carboxylic acids is 1. The summed E-state index contributed by atoms with van der Waals surface area (Å²) in [6.45, 7) is 15.6. The summed E-state index contributed by atoms with van der Waals surface area (Å²) in [5.41, 5.74) is 15.1. The van der Waals surface area contributed by atoms with E-state index in [2.05, 4.69) is 94.4 Å². The number of carboxylic acid groups (broad SMARTS) is 1. The molecule has 0 spiro atoms. The number of aryl methyl sites for hydroxylation is 2. The van der Waals surface area contributed by atoms with Gasteiger partial charge >= 0.3 is 30.3 Å². The molecule has 2 atom stereocenters. The number of carbonyl (C=O) groups excluding carboxylic acids is 5. The molecule has 2 aliphatic carbocycles. The van der Waals surface area contributed by atoms with Crippen molar-refractivity contribution < 1.29 is 62.3 Å². The van der Waals surface area contributed by atoms with Crippen molar-refractivity contribution in [1.82, 2.24) is 54.8 Å². The standard InChI is InChI=1S/C41H43N7O6S.C25H28N2O6.C16H17N5OS/c1-26-44-35(46-38-43-23-34(55-38)27-12-6-5-7-13-27)22-36(45-26)52-21-18-42-37(49)33-24-47(19-20-48(33)40(51)54-41(2,3)4)39(50)53-25-32-30-16-10-8-14-28(30)29-15-9-11-17-31(29)32;1-25(2,3)33-24(31)27-13-12-26(14-21(27)22(28)29)23(30)32-15-20-18-10-6-4-8-16(18)17-9-5-7-11-19(17)20;1-11-19-14(9-15(20-11)22-8-7-17)21-16-18-10-13(23-16)12-5-3-2-4-6-12/h5-17,22-23,32-33H,18-21,24-25H2,1-4H3,(H,42,49)(H,43,44,45,46);4-11,20-21H,12-15H2,1-3H3,(H,28,29);2-6,9-10H,7-8,17H2,1H3,(H,18,19,20,21)/t33-;21-;/m00./s1. The van der Waals surface area contributed by atoms with Gasteiger partial charge in [0.05, 0.1) is 29.4 Å². The first kappa shape index (κ1) is 78.5. The monoisotopic (exact) mass is 1540 g/mol. The van der Waals surface area contributed by atoms with Crippen LogP contribution in [0, 0.1) is 13.8 Å². The van der Waals surface area contributed by atoms with Crippen LogP contribution >= 0.6 is 22.7 Å². The predicted molar refractivity (Wildman–Crippen MR) is 423 cm³/mol. The first-order chi connectivity index (χ1) is 53.4. The number of benzene rings is 6. The van der Waals surface area contributed by atoms with Crippen LogP contribution in [0.25, 0.3) is 43.1 Å². The highest BCUT2D eigenvalue weighted by Gasteiger charge is 2.42. The molecule has 5 amide bonds. The minimum Gasteiger partial charge on any atom is -0.480 e. The van der Waals surface area contributed by atoms with Gasteiger partial charge in [-0.1, -0.05) is 180 Å². The third kappa shape index (κ3) is 20.3. The quantitative estimate of drug-likeness (QED) is 0.0371.